The summed E-state index contributed by atoms with van der Waals surface area (Å²) < 4.78 is 25.8. The molecule has 0 aliphatic heterocycles. The number of hydrogen-bond acceptors (Lipinski definition) is 4. The molecular weight excluding hydrogens is 452 g/mol. The zero-order valence-corrected chi connectivity index (χ0v) is 19.0. The summed E-state index contributed by atoms with van der Waals surface area (Å²) in [6.07, 6.45) is 1.38. The molecule has 0 saturated carbocycles. The van der Waals surface area contributed by atoms with Crippen LogP contribution < -0.4 is 4.90 Å². The average Bonchev–Trinajstić information content (AvgIpc) is 2.85. The summed E-state index contributed by atoms with van der Waals surface area (Å²) in [4.78, 5) is 1.79. The van der Waals surface area contributed by atoms with E-state index in [1.54, 1.807) is 12.1 Å². The van der Waals surface area contributed by atoms with Crippen molar-refractivity contribution in [3.8, 4) is 6.07 Å². The number of hydrogen-bond donors (Lipinski definition) is 0. The highest BCUT2D eigenvalue weighted by Crippen LogP contribution is 2.34. The van der Waals surface area contributed by atoms with Crippen molar-refractivity contribution in [2.75, 3.05) is 4.90 Å². The Bertz CT molecular complexity index is 1370. The van der Waals surface area contributed by atoms with Crippen molar-refractivity contribution in [1.82, 2.24) is 0 Å². The first-order chi connectivity index (χ1) is 16.0. The predicted octanol–water partition coefficient (Wildman–Crippen LogP) is 7.15. The van der Waals surface area contributed by atoms with Gasteiger partial charge in [0, 0.05) is 22.1 Å². The molecule has 0 heterocycles. The lowest BCUT2D eigenvalue weighted by molar-refractivity contribution is 0.603. The van der Waals surface area contributed by atoms with Crippen LogP contribution in [0.1, 0.15) is 5.56 Å². The second-order valence-corrected chi connectivity index (χ2v) is 9.53. The molecule has 0 amide bonds. The second-order valence-electron chi connectivity index (χ2n) is 7.18. The number of nitriles is 1. The molecule has 0 radical (unpaired) electrons. The van der Waals surface area contributed by atoms with E-state index in [4.69, 9.17) is 11.6 Å². The Morgan fingerprint density at radius 2 is 1.21 bits per heavy atom. The number of benzene rings is 4. The molecule has 4 nitrogen and oxygen atoms in total. The van der Waals surface area contributed by atoms with Crippen LogP contribution in [0, 0.1) is 11.3 Å². The second kappa shape index (κ2) is 9.74. The van der Waals surface area contributed by atoms with Crippen molar-refractivity contribution in [3.63, 3.8) is 0 Å². The van der Waals surface area contributed by atoms with Gasteiger partial charge in [0.15, 0.2) is 0 Å². The van der Waals surface area contributed by atoms with Gasteiger partial charge >= 0.3 is 0 Å². The minimum atomic E-state index is -3.95. The van der Waals surface area contributed by atoms with Gasteiger partial charge in [-0.05, 0) is 72.3 Å². The van der Waals surface area contributed by atoms with Gasteiger partial charge < -0.3 is 4.90 Å². The molecule has 6 heteroatoms. The number of halogens is 1. The molecule has 0 saturated heterocycles. The van der Waals surface area contributed by atoms with Gasteiger partial charge in [-0.3, -0.25) is 0 Å². The van der Waals surface area contributed by atoms with E-state index >= 15 is 0 Å². The maximum atomic E-state index is 12.9. The summed E-state index contributed by atoms with van der Waals surface area (Å²) in [5.41, 5.74) is 3.50. The average molecular weight is 471 g/mol. The summed E-state index contributed by atoms with van der Waals surface area (Å²) in [7, 11) is -3.95. The smallest absolute Gasteiger partial charge is 0.216 e. The Hall–Kier alpha value is -3.85. The predicted molar refractivity (Wildman–Crippen MR) is 133 cm³/mol. The Balaban J connectivity index is 1.70. The van der Waals surface area contributed by atoms with Crippen molar-refractivity contribution in [1.29, 1.82) is 5.26 Å². The SMILES string of the molecule is N#CC(=Cc1ccc(N(c2ccccc2)c2ccccc2)cc1)S(=O)(=O)c1ccc(Cl)cc1. The molecule has 4 rings (SSSR count). The largest absolute Gasteiger partial charge is 0.311 e. The van der Waals surface area contributed by atoms with Gasteiger partial charge in [0.2, 0.25) is 9.84 Å². The van der Waals surface area contributed by atoms with Crippen molar-refractivity contribution in [2.45, 2.75) is 4.90 Å². The molecule has 0 N–H and O–H groups in total. The van der Waals surface area contributed by atoms with E-state index in [1.807, 2.05) is 78.9 Å². The standard InChI is InChI=1S/C27H19ClN2O2S/c28-22-13-17-26(18-14-22)33(31,32)27(20-29)19-21-11-15-25(16-12-21)30(23-7-3-1-4-8-23)24-9-5-2-6-10-24/h1-19H. The first-order valence-electron chi connectivity index (χ1n) is 10.1. The van der Waals surface area contributed by atoms with Crippen molar-refractivity contribution >= 4 is 44.6 Å². The molecule has 0 unspecified atom stereocenters. The lowest BCUT2D eigenvalue weighted by Gasteiger charge is -2.25. The lowest BCUT2D eigenvalue weighted by atomic mass is 10.1. The molecule has 0 fully saturated rings. The molecule has 0 atom stereocenters. The fourth-order valence-electron chi connectivity index (χ4n) is 3.38. The fraction of sp³-hybridized carbons (Fsp3) is 0. The van der Waals surface area contributed by atoms with E-state index in [2.05, 4.69) is 4.90 Å². The van der Waals surface area contributed by atoms with Gasteiger partial charge in [-0.25, -0.2) is 8.42 Å². The van der Waals surface area contributed by atoms with Gasteiger partial charge in [-0.1, -0.05) is 60.1 Å². The zero-order valence-electron chi connectivity index (χ0n) is 17.5. The maximum absolute atomic E-state index is 12.9. The van der Waals surface area contributed by atoms with Crippen LogP contribution in [0.15, 0.2) is 119 Å². The van der Waals surface area contributed by atoms with E-state index < -0.39 is 9.84 Å². The van der Waals surface area contributed by atoms with Gasteiger partial charge in [-0.15, -0.1) is 0 Å². The lowest BCUT2D eigenvalue weighted by Crippen LogP contribution is -2.09. The molecule has 0 aliphatic rings. The molecule has 4 aromatic rings. The molecule has 4 aromatic carbocycles. The van der Waals surface area contributed by atoms with E-state index in [9.17, 15) is 13.7 Å². The Labute approximate surface area is 198 Å². The van der Waals surface area contributed by atoms with Crippen molar-refractivity contribution in [2.24, 2.45) is 0 Å². The quantitative estimate of drug-likeness (QED) is 0.281. The molecule has 33 heavy (non-hydrogen) atoms. The molecule has 162 valence electrons. The van der Waals surface area contributed by atoms with Gasteiger partial charge in [-0.2, -0.15) is 5.26 Å². The summed E-state index contributed by atoms with van der Waals surface area (Å²) in [5, 5.41) is 9.97. The van der Waals surface area contributed by atoms with Gasteiger partial charge in [0.05, 0.1) is 4.90 Å². The van der Waals surface area contributed by atoms with Crippen molar-refractivity contribution in [3.05, 3.63) is 125 Å². The number of sulfone groups is 1. The minimum absolute atomic E-state index is 0.0238. The Morgan fingerprint density at radius 3 is 1.70 bits per heavy atom. The third-order valence-corrected chi connectivity index (χ3v) is 6.93. The molecule has 0 spiro atoms. The van der Waals surface area contributed by atoms with Crippen LogP contribution in [-0.4, -0.2) is 8.42 Å². The number of rotatable bonds is 6. The number of nitrogens with zero attached hydrogens (tertiary/aromatic N) is 2. The summed E-state index contributed by atoms with van der Waals surface area (Å²) in [5.74, 6) is 0. The van der Waals surface area contributed by atoms with Crippen LogP contribution in [0.2, 0.25) is 5.02 Å². The number of allylic oxidation sites excluding steroid dienone is 1. The fourth-order valence-corrected chi connectivity index (χ4v) is 4.67. The van der Waals surface area contributed by atoms with Crippen LogP contribution in [0.4, 0.5) is 17.1 Å². The van der Waals surface area contributed by atoms with Crippen LogP contribution >= 0.6 is 11.6 Å². The third-order valence-electron chi connectivity index (χ3n) is 5.00. The summed E-state index contributed by atoms with van der Waals surface area (Å²) in [6, 6.07) is 34.9. The van der Waals surface area contributed by atoms with E-state index in [1.165, 1.54) is 30.3 Å². The highest BCUT2D eigenvalue weighted by molar-refractivity contribution is 7.95. The van der Waals surface area contributed by atoms with Crippen LogP contribution in [-0.2, 0) is 9.84 Å². The van der Waals surface area contributed by atoms with Crippen LogP contribution in [0.5, 0.6) is 0 Å². The summed E-state index contributed by atoms with van der Waals surface area (Å²) in [6.45, 7) is 0. The zero-order chi connectivity index (χ0) is 23.3. The van der Waals surface area contributed by atoms with Crippen molar-refractivity contribution < 1.29 is 8.42 Å². The third kappa shape index (κ3) is 4.98. The van der Waals surface area contributed by atoms with E-state index in [-0.39, 0.29) is 9.80 Å². The normalized spacial score (nSPS) is 11.6. The molecule has 0 aliphatic carbocycles. The summed E-state index contributed by atoms with van der Waals surface area (Å²) >= 11 is 5.86. The molecular formula is C27H19ClN2O2S. The number of para-hydroxylation sites is 2. The topological polar surface area (TPSA) is 61.2 Å². The minimum Gasteiger partial charge on any atom is -0.311 e. The Morgan fingerprint density at radius 1 is 0.727 bits per heavy atom. The highest BCUT2D eigenvalue weighted by atomic mass is 35.5. The molecule has 0 aromatic heterocycles. The number of anilines is 3. The maximum Gasteiger partial charge on any atom is 0.216 e. The van der Waals surface area contributed by atoms with E-state index in [0.717, 1.165) is 17.1 Å². The highest BCUT2D eigenvalue weighted by Gasteiger charge is 2.21. The first-order valence-corrected chi connectivity index (χ1v) is 12.0. The van der Waals surface area contributed by atoms with Gasteiger partial charge in [0.25, 0.3) is 0 Å². The van der Waals surface area contributed by atoms with Gasteiger partial charge in [0.1, 0.15) is 11.0 Å². The molecule has 0 bridgehead atoms. The van der Waals surface area contributed by atoms with E-state index in [0.29, 0.717) is 10.6 Å². The first kappa shape index (κ1) is 22.3. The monoisotopic (exact) mass is 470 g/mol. The van der Waals surface area contributed by atoms with Crippen LogP contribution in [0.3, 0.4) is 0 Å². The van der Waals surface area contributed by atoms with Crippen LogP contribution in [0.25, 0.3) is 6.08 Å². The Kier molecular flexibility index (Phi) is 6.60.